The lowest BCUT2D eigenvalue weighted by Gasteiger charge is -2.51. The summed E-state index contributed by atoms with van der Waals surface area (Å²) in [4.78, 5) is 12.3. The number of benzene rings is 1. The largest absolute Gasteiger partial charge is 0.493 e. The summed E-state index contributed by atoms with van der Waals surface area (Å²) >= 11 is 0. The second kappa shape index (κ2) is 5.61. The van der Waals surface area contributed by atoms with Crippen molar-refractivity contribution in [2.45, 2.75) is 24.0 Å². The molecular weight excluding hydrogens is 322 g/mol. The minimum Gasteiger partial charge on any atom is -0.493 e. The average Bonchev–Trinajstić information content (AvgIpc) is 2.64. The van der Waals surface area contributed by atoms with Gasteiger partial charge in [0.2, 0.25) is 5.78 Å². The molecule has 0 amide bonds. The summed E-state index contributed by atoms with van der Waals surface area (Å²) in [5.74, 6) is 1.34. The Morgan fingerprint density at radius 1 is 1.16 bits per heavy atom. The molecule has 2 bridgehead atoms. The highest BCUT2D eigenvalue weighted by Gasteiger charge is 2.52. The third-order valence-corrected chi connectivity index (χ3v) is 5.53. The number of carbonyl (C=O) groups is 1. The highest BCUT2D eigenvalue weighted by Crippen LogP contribution is 2.54. The van der Waals surface area contributed by atoms with Gasteiger partial charge < -0.3 is 24.6 Å². The molecule has 1 fully saturated rings. The van der Waals surface area contributed by atoms with E-state index < -0.39 is 11.5 Å². The van der Waals surface area contributed by atoms with E-state index in [1.165, 1.54) is 7.11 Å². The van der Waals surface area contributed by atoms with E-state index in [2.05, 4.69) is 5.32 Å². The minimum atomic E-state index is -0.764. The van der Waals surface area contributed by atoms with Crippen molar-refractivity contribution in [2.75, 3.05) is 27.9 Å². The van der Waals surface area contributed by atoms with Crippen LogP contribution in [0.3, 0.4) is 0 Å². The van der Waals surface area contributed by atoms with Gasteiger partial charge in [-0.25, -0.2) is 0 Å². The van der Waals surface area contributed by atoms with Crippen LogP contribution in [0.25, 0.3) is 0 Å². The summed E-state index contributed by atoms with van der Waals surface area (Å²) in [5.41, 5.74) is 2.12. The number of carbonyl (C=O) groups excluding carboxylic acids is 1. The average molecular weight is 343 g/mol. The first kappa shape index (κ1) is 16.2. The van der Waals surface area contributed by atoms with Gasteiger partial charge in [0.15, 0.2) is 17.3 Å². The first-order valence-electron chi connectivity index (χ1n) is 8.27. The topological polar surface area (TPSA) is 77.0 Å². The first-order valence-corrected chi connectivity index (χ1v) is 8.27. The van der Waals surface area contributed by atoms with E-state index in [9.17, 15) is 9.90 Å². The highest BCUT2D eigenvalue weighted by molar-refractivity contribution is 6.05. The smallest absolute Gasteiger partial charge is 0.220 e. The second-order valence-electron chi connectivity index (χ2n) is 6.57. The van der Waals surface area contributed by atoms with Crippen molar-refractivity contribution in [3.05, 3.63) is 46.7 Å². The number of hydrogen-bond acceptors (Lipinski definition) is 6. The summed E-state index contributed by atoms with van der Waals surface area (Å²) in [6.07, 6.45) is 3.51. The predicted octanol–water partition coefficient (Wildman–Crippen LogP) is 1.39. The molecule has 1 aromatic carbocycles. The molecule has 1 heterocycles. The standard InChI is InChI=1S/C19H21NO5/c1-23-14-6-10-11(8-15(14)24-2)19-4-5-20-17(18(10)22)12(19)7-13(21)16(9-19)25-3/h6-9,17-18,20,22H,4-5H2,1-3H3. The number of aliphatic hydroxyl groups is 1. The van der Waals surface area contributed by atoms with Crippen LogP contribution >= 0.6 is 0 Å². The van der Waals surface area contributed by atoms with Gasteiger partial charge in [0, 0.05) is 5.41 Å². The van der Waals surface area contributed by atoms with E-state index in [-0.39, 0.29) is 11.8 Å². The molecule has 3 unspecified atom stereocenters. The van der Waals surface area contributed by atoms with Gasteiger partial charge in [-0.15, -0.1) is 0 Å². The fourth-order valence-corrected chi connectivity index (χ4v) is 4.35. The van der Waals surface area contributed by atoms with E-state index in [1.807, 2.05) is 18.2 Å². The quantitative estimate of drug-likeness (QED) is 0.864. The number of ketones is 1. The van der Waals surface area contributed by atoms with E-state index >= 15 is 0 Å². The van der Waals surface area contributed by atoms with Gasteiger partial charge in [0.1, 0.15) is 0 Å². The molecule has 2 aliphatic carbocycles. The maximum atomic E-state index is 12.3. The molecule has 132 valence electrons. The molecule has 3 aliphatic rings. The molecule has 3 atom stereocenters. The number of ether oxygens (including phenoxy) is 3. The zero-order valence-electron chi connectivity index (χ0n) is 14.5. The number of hydrogen-bond donors (Lipinski definition) is 2. The molecular formula is C19H21NO5. The molecule has 2 N–H and O–H groups in total. The summed E-state index contributed by atoms with van der Waals surface area (Å²) in [6.45, 7) is 0.731. The lowest BCUT2D eigenvalue weighted by molar-refractivity contribution is -0.114. The van der Waals surface area contributed by atoms with Crippen LogP contribution in [0, 0.1) is 0 Å². The summed E-state index contributed by atoms with van der Waals surface area (Å²) < 4.78 is 16.2. The minimum absolute atomic E-state index is 0.169. The van der Waals surface area contributed by atoms with Crippen LogP contribution < -0.4 is 14.8 Å². The Hall–Kier alpha value is -2.31. The molecule has 6 heteroatoms. The SMILES string of the molecule is COC1=CC23CCNC(C2=CC1=O)C(O)c1cc(OC)c(OC)cc13. The van der Waals surface area contributed by atoms with E-state index in [1.54, 1.807) is 20.3 Å². The van der Waals surface area contributed by atoms with E-state index in [4.69, 9.17) is 14.2 Å². The number of rotatable bonds is 3. The number of methoxy groups -OCH3 is 3. The van der Waals surface area contributed by atoms with Crippen LogP contribution in [0.4, 0.5) is 0 Å². The van der Waals surface area contributed by atoms with Crippen molar-refractivity contribution >= 4 is 5.78 Å². The Labute approximate surface area is 146 Å². The van der Waals surface area contributed by atoms with Crippen LogP contribution in [0.1, 0.15) is 23.7 Å². The third-order valence-electron chi connectivity index (χ3n) is 5.53. The number of piperidine rings is 1. The molecule has 1 aliphatic heterocycles. The molecule has 0 aromatic heterocycles. The molecule has 4 rings (SSSR count). The Morgan fingerprint density at radius 2 is 1.88 bits per heavy atom. The van der Waals surface area contributed by atoms with Gasteiger partial charge in [-0.2, -0.15) is 0 Å². The number of fused-ring (bicyclic) bond motifs is 1. The Bertz CT molecular complexity index is 812. The summed E-state index contributed by atoms with van der Waals surface area (Å²) in [6, 6.07) is 3.43. The Morgan fingerprint density at radius 3 is 2.56 bits per heavy atom. The maximum absolute atomic E-state index is 12.3. The third kappa shape index (κ3) is 2.07. The number of nitrogens with one attached hydrogen (secondary N) is 1. The van der Waals surface area contributed by atoms with E-state index in [0.717, 1.165) is 29.7 Å². The predicted molar refractivity (Wildman–Crippen MR) is 90.8 cm³/mol. The molecule has 0 saturated carbocycles. The zero-order chi connectivity index (χ0) is 17.8. The number of allylic oxidation sites excluding steroid dienone is 2. The van der Waals surface area contributed by atoms with Crippen molar-refractivity contribution in [2.24, 2.45) is 0 Å². The molecule has 1 aromatic rings. The lowest BCUT2D eigenvalue weighted by atomic mass is 9.58. The highest BCUT2D eigenvalue weighted by atomic mass is 16.5. The van der Waals surface area contributed by atoms with Crippen LogP contribution in [0.2, 0.25) is 0 Å². The second-order valence-corrected chi connectivity index (χ2v) is 6.57. The van der Waals surface area contributed by atoms with Crippen molar-refractivity contribution < 1.29 is 24.1 Å². The first-order chi connectivity index (χ1) is 12.1. The van der Waals surface area contributed by atoms with Gasteiger partial charge in [0.05, 0.1) is 33.5 Å². The molecule has 6 nitrogen and oxygen atoms in total. The monoisotopic (exact) mass is 343 g/mol. The van der Waals surface area contributed by atoms with Crippen LogP contribution in [-0.4, -0.2) is 44.8 Å². The normalized spacial score (nSPS) is 29.8. The van der Waals surface area contributed by atoms with E-state index in [0.29, 0.717) is 17.3 Å². The molecule has 25 heavy (non-hydrogen) atoms. The fraction of sp³-hybridized carbons (Fsp3) is 0.421. The van der Waals surface area contributed by atoms with Crippen LogP contribution in [0.5, 0.6) is 11.5 Å². The number of aliphatic hydroxyl groups excluding tert-OH is 1. The fourth-order valence-electron chi connectivity index (χ4n) is 4.35. The van der Waals surface area contributed by atoms with Crippen LogP contribution in [-0.2, 0) is 14.9 Å². The molecule has 0 spiro atoms. The summed E-state index contributed by atoms with van der Waals surface area (Å²) in [7, 11) is 4.67. The van der Waals surface area contributed by atoms with Gasteiger partial charge in [-0.05, 0) is 54.0 Å². The van der Waals surface area contributed by atoms with Crippen molar-refractivity contribution in [1.82, 2.24) is 5.32 Å². The van der Waals surface area contributed by atoms with Gasteiger partial charge in [0.25, 0.3) is 0 Å². The maximum Gasteiger partial charge on any atom is 0.220 e. The molecule has 1 saturated heterocycles. The van der Waals surface area contributed by atoms with Crippen molar-refractivity contribution in [3.63, 3.8) is 0 Å². The summed E-state index contributed by atoms with van der Waals surface area (Å²) in [5, 5.41) is 14.3. The van der Waals surface area contributed by atoms with Crippen molar-refractivity contribution in [3.8, 4) is 11.5 Å². The zero-order valence-corrected chi connectivity index (χ0v) is 14.5. The Balaban J connectivity index is 2.02. The van der Waals surface area contributed by atoms with Crippen molar-refractivity contribution in [1.29, 1.82) is 0 Å². The van der Waals surface area contributed by atoms with Gasteiger partial charge in [-0.3, -0.25) is 4.79 Å². The lowest BCUT2D eigenvalue weighted by Crippen LogP contribution is -2.55. The van der Waals surface area contributed by atoms with Gasteiger partial charge >= 0.3 is 0 Å². The Kier molecular flexibility index (Phi) is 3.63. The van der Waals surface area contributed by atoms with Crippen LogP contribution in [0.15, 0.2) is 35.6 Å². The molecule has 0 radical (unpaired) electrons. The van der Waals surface area contributed by atoms with Gasteiger partial charge in [-0.1, -0.05) is 0 Å².